The van der Waals surface area contributed by atoms with Crippen molar-refractivity contribution in [1.82, 2.24) is 4.90 Å². The number of hydrogen-bond acceptors (Lipinski definition) is 3. The number of halogens is 3. The third kappa shape index (κ3) is 4.15. The van der Waals surface area contributed by atoms with Crippen molar-refractivity contribution in [3.8, 4) is 5.75 Å². The maximum atomic E-state index is 12.4. The molecule has 0 radical (unpaired) electrons. The summed E-state index contributed by atoms with van der Waals surface area (Å²) >= 11 is 0. The zero-order valence-corrected chi connectivity index (χ0v) is 10.4. The van der Waals surface area contributed by atoms with Gasteiger partial charge in [0.05, 0.1) is 0 Å². The van der Waals surface area contributed by atoms with Crippen molar-refractivity contribution in [2.75, 3.05) is 13.1 Å². The molecule has 0 saturated carbocycles. The molecule has 20 heavy (non-hydrogen) atoms. The van der Waals surface area contributed by atoms with E-state index in [1.165, 1.54) is 25.1 Å². The van der Waals surface area contributed by atoms with E-state index in [0.29, 0.717) is 0 Å². The van der Waals surface area contributed by atoms with Crippen LogP contribution in [0, 0.1) is 6.92 Å². The molecule has 2 N–H and O–H groups in total. The number of phenolic OH excluding ortho intramolecular Hbond substituents is 1. The fraction of sp³-hybridized carbons (Fsp3) is 0.333. The first-order chi connectivity index (χ1) is 9.11. The quantitative estimate of drug-likeness (QED) is 0.886. The molecule has 0 saturated heterocycles. The van der Waals surface area contributed by atoms with Crippen LogP contribution in [0.2, 0.25) is 0 Å². The Kier molecular flexibility index (Phi) is 4.59. The molecule has 0 aliphatic heterocycles. The summed E-state index contributed by atoms with van der Waals surface area (Å²) in [7, 11) is 0. The number of carboxylic acid groups (broad SMARTS) is 1. The third-order valence-corrected chi connectivity index (χ3v) is 2.52. The minimum absolute atomic E-state index is 0.0927. The maximum Gasteiger partial charge on any atom is 0.406 e. The number of carbonyl (C=O) groups excluding carboxylic acids is 1. The van der Waals surface area contributed by atoms with Crippen LogP contribution >= 0.6 is 0 Å². The molecule has 1 aromatic rings. The minimum atomic E-state index is -4.71. The lowest BCUT2D eigenvalue weighted by Crippen LogP contribution is -2.42. The normalized spacial score (nSPS) is 11.2. The molecule has 0 aromatic heterocycles. The summed E-state index contributed by atoms with van der Waals surface area (Å²) in [5, 5.41) is 18.0. The number of phenols is 1. The van der Waals surface area contributed by atoms with E-state index in [4.69, 9.17) is 5.11 Å². The Morgan fingerprint density at radius 1 is 1.30 bits per heavy atom. The summed E-state index contributed by atoms with van der Waals surface area (Å²) in [4.78, 5) is 22.7. The molecular weight excluding hydrogens is 279 g/mol. The lowest BCUT2D eigenvalue weighted by atomic mass is 10.1. The van der Waals surface area contributed by atoms with Gasteiger partial charge in [0.2, 0.25) is 0 Å². The Balaban J connectivity index is 3.10. The molecule has 0 aliphatic carbocycles. The van der Waals surface area contributed by atoms with Crippen LogP contribution in [0.1, 0.15) is 15.9 Å². The van der Waals surface area contributed by atoms with Crippen molar-refractivity contribution in [2.45, 2.75) is 13.1 Å². The molecule has 110 valence electrons. The van der Waals surface area contributed by atoms with Gasteiger partial charge >= 0.3 is 12.1 Å². The summed E-state index contributed by atoms with van der Waals surface area (Å²) in [6.45, 7) is -1.39. The molecule has 5 nitrogen and oxygen atoms in total. The Labute approximate surface area is 112 Å². The smallest absolute Gasteiger partial charge is 0.406 e. The SMILES string of the molecule is Cc1c(O)cccc1C(=O)N(CC(=O)O)CC(F)(F)F. The number of benzene rings is 1. The summed E-state index contributed by atoms with van der Waals surface area (Å²) in [6.07, 6.45) is -4.71. The molecule has 0 fully saturated rings. The lowest BCUT2D eigenvalue weighted by Gasteiger charge is -2.23. The third-order valence-electron chi connectivity index (χ3n) is 2.52. The number of rotatable bonds is 4. The second-order valence-electron chi connectivity index (χ2n) is 4.12. The van der Waals surface area contributed by atoms with E-state index < -0.39 is 31.1 Å². The van der Waals surface area contributed by atoms with E-state index in [1.807, 2.05) is 0 Å². The van der Waals surface area contributed by atoms with Crippen LogP contribution < -0.4 is 0 Å². The Hall–Kier alpha value is -2.25. The Morgan fingerprint density at radius 3 is 2.40 bits per heavy atom. The predicted octanol–water partition coefficient (Wildman–Crippen LogP) is 1.79. The van der Waals surface area contributed by atoms with Gasteiger partial charge in [-0.1, -0.05) is 6.07 Å². The van der Waals surface area contributed by atoms with Gasteiger partial charge in [-0.05, 0) is 19.1 Å². The van der Waals surface area contributed by atoms with Crippen molar-refractivity contribution in [2.24, 2.45) is 0 Å². The van der Waals surface area contributed by atoms with Gasteiger partial charge < -0.3 is 15.1 Å². The first-order valence-corrected chi connectivity index (χ1v) is 5.48. The molecule has 0 heterocycles. The van der Waals surface area contributed by atoms with E-state index in [1.54, 1.807) is 0 Å². The Bertz CT molecular complexity index is 528. The fourth-order valence-electron chi connectivity index (χ4n) is 1.60. The predicted molar refractivity (Wildman–Crippen MR) is 62.4 cm³/mol. The molecule has 1 amide bonds. The van der Waals surface area contributed by atoms with Gasteiger partial charge in [0, 0.05) is 11.1 Å². The van der Waals surface area contributed by atoms with E-state index in [-0.39, 0.29) is 21.8 Å². The van der Waals surface area contributed by atoms with Gasteiger partial charge in [-0.2, -0.15) is 13.2 Å². The second kappa shape index (κ2) is 5.81. The molecular formula is C12H12F3NO4. The molecule has 0 unspecified atom stereocenters. The summed E-state index contributed by atoms with van der Waals surface area (Å²) in [5.74, 6) is -2.91. The number of hydrogen-bond donors (Lipinski definition) is 2. The first-order valence-electron chi connectivity index (χ1n) is 5.48. The van der Waals surface area contributed by atoms with E-state index >= 15 is 0 Å². The van der Waals surface area contributed by atoms with Gasteiger partial charge in [0.15, 0.2) is 0 Å². The lowest BCUT2D eigenvalue weighted by molar-refractivity contribution is -0.149. The average molecular weight is 291 g/mol. The summed E-state index contributed by atoms with van der Waals surface area (Å²) in [6, 6.07) is 3.79. The largest absolute Gasteiger partial charge is 0.508 e. The zero-order valence-electron chi connectivity index (χ0n) is 10.4. The molecule has 0 spiro atoms. The number of aliphatic carboxylic acids is 1. The number of aromatic hydroxyl groups is 1. The Morgan fingerprint density at radius 2 is 1.90 bits per heavy atom. The van der Waals surface area contributed by atoms with E-state index in [9.17, 15) is 27.9 Å². The number of amides is 1. The minimum Gasteiger partial charge on any atom is -0.508 e. The highest BCUT2D eigenvalue weighted by atomic mass is 19.4. The number of nitrogens with zero attached hydrogens (tertiary/aromatic N) is 1. The highest BCUT2D eigenvalue weighted by Crippen LogP contribution is 2.23. The number of carbonyl (C=O) groups is 2. The molecule has 0 bridgehead atoms. The van der Waals surface area contributed by atoms with Crippen molar-refractivity contribution in [3.05, 3.63) is 29.3 Å². The van der Waals surface area contributed by atoms with Crippen LogP contribution in [0.15, 0.2) is 18.2 Å². The second-order valence-corrected chi connectivity index (χ2v) is 4.12. The molecule has 0 atom stereocenters. The van der Waals surface area contributed by atoms with Crippen molar-refractivity contribution >= 4 is 11.9 Å². The van der Waals surface area contributed by atoms with Gasteiger partial charge in [-0.25, -0.2) is 0 Å². The molecule has 1 aromatic carbocycles. The van der Waals surface area contributed by atoms with Gasteiger partial charge in [-0.3, -0.25) is 9.59 Å². The first kappa shape index (κ1) is 15.8. The van der Waals surface area contributed by atoms with E-state index in [0.717, 1.165) is 0 Å². The number of carboxylic acids is 1. The molecule has 0 aliphatic rings. The van der Waals surface area contributed by atoms with Gasteiger partial charge in [0.25, 0.3) is 5.91 Å². The van der Waals surface area contributed by atoms with Gasteiger partial charge in [-0.15, -0.1) is 0 Å². The summed E-state index contributed by atoms with van der Waals surface area (Å²) in [5.41, 5.74) is -0.0782. The van der Waals surface area contributed by atoms with Crippen LogP contribution in [0.5, 0.6) is 5.75 Å². The van der Waals surface area contributed by atoms with Crippen LogP contribution in [0.25, 0.3) is 0 Å². The van der Waals surface area contributed by atoms with E-state index in [2.05, 4.69) is 0 Å². The van der Waals surface area contributed by atoms with Crippen LogP contribution in [-0.2, 0) is 4.79 Å². The van der Waals surface area contributed by atoms with Crippen molar-refractivity contribution < 1.29 is 33.0 Å². The maximum absolute atomic E-state index is 12.4. The van der Waals surface area contributed by atoms with Crippen molar-refractivity contribution in [1.29, 1.82) is 0 Å². The van der Waals surface area contributed by atoms with Crippen molar-refractivity contribution in [3.63, 3.8) is 0 Å². The highest BCUT2D eigenvalue weighted by Gasteiger charge is 2.34. The molecule has 1 rings (SSSR count). The summed E-state index contributed by atoms with van der Waals surface area (Å²) < 4.78 is 37.1. The number of alkyl halides is 3. The molecule has 8 heteroatoms. The average Bonchev–Trinajstić information content (AvgIpc) is 2.28. The fourth-order valence-corrected chi connectivity index (χ4v) is 1.60. The van der Waals surface area contributed by atoms with Crippen LogP contribution in [-0.4, -0.2) is 46.3 Å². The standard InChI is InChI=1S/C12H12F3NO4/c1-7-8(3-2-4-9(7)17)11(20)16(5-10(18)19)6-12(13,14)15/h2-4,17H,5-6H2,1H3,(H,18,19). The van der Waals surface area contributed by atoms with Gasteiger partial charge in [0.1, 0.15) is 18.8 Å². The van der Waals surface area contributed by atoms with Crippen LogP contribution in [0.4, 0.5) is 13.2 Å². The zero-order chi connectivity index (χ0) is 15.5. The monoisotopic (exact) mass is 291 g/mol. The highest BCUT2D eigenvalue weighted by molar-refractivity contribution is 5.97. The topological polar surface area (TPSA) is 77.8 Å². The van der Waals surface area contributed by atoms with Crippen LogP contribution in [0.3, 0.4) is 0 Å².